The Morgan fingerprint density at radius 3 is 2.60 bits per heavy atom. The van der Waals surface area contributed by atoms with Gasteiger partial charge in [0.1, 0.15) is 6.33 Å². The summed E-state index contributed by atoms with van der Waals surface area (Å²) in [5, 5.41) is 3.16. The number of aryl methyl sites for hydroxylation is 2. The van der Waals surface area contributed by atoms with Crippen molar-refractivity contribution in [3.05, 3.63) is 41.5 Å². The van der Waals surface area contributed by atoms with E-state index in [9.17, 15) is 4.79 Å². The number of hydrogen-bond donors (Lipinski definition) is 1. The molecule has 0 atom stereocenters. The van der Waals surface area contributed by atoms with E-state index in [1.54, 1.807) is 18.2 Å². The molecule has 0 spiro atoms. The summed E-state index contributed by atoms with van der Waals surface area (Å²) in [5.74, 6) is -0.233. The van der Waals surface area contributed by atoms with Crippen molar-refractivity contribution in [2.45, 2.75) is 13.8 Å². The van der Waals surface area contributed by atoms with Crippen LogP contribution in [0.4, 0.5) is 5.13 Å². The maximum atomic E-state index is 12.1. The van der Waals surface area contributed by atoms with Crippen molar-refractivity contribution in [3.63, 3.8) is 0 Å². The van der Waals surface area contributed by atoms with Gasteiger partial charge in [-0.25, -0.2) is 15.0 Å². The monoisotopic (exact) mass is 285 g/mol. The van der Waals surface area contributed by atoms with Gasteiger partial charge in [0.2, 0.25) is 5.13 Å². The molecule has 1 aromatic carbocycles. The van der Waals surface area contributed by atoms with E-state index in [1.807, 2.05) is 13.8 Å². The standard InChI is InChI=1S/C13H11N5OS/c1-7-8(2)17-11-5-9(3-4-10(11)16-7)12(19)18-13-14-6-15-20-13/h3-6H,1-2H3,(H,14,15,18,19). The van der Waals surface area contributed by atoms with Crippen molar-refractivity contribution in [2.75, 3.05) is 5.32 Å². The zero-order valence-corrected chi connectivity index (χ0v) is 11.7. The van der Waals surface area contributed by atoms with Gasteiger partial charge in [0.25, 0.3) is 5.91 Å². The topological polar surface area (TPSA) is 80.7 Å². The molecule has 0 aliphatic heterocycles. The van der Waals surface area contributed by atoms with Crippen molar-refractivity contribution in [3.8, 4) is 0 Å². The van der Waals surface area contributed by atoms with Crippen LogP contribution in [0, 0.1) is 13.8 Å². The quantitative estimate of drug-likeness (QED) is 0.781. The van der Waals surface area contributed by atoms with Crippen molar-refractivity contribution in [1.29, 1.82) is 0 Å². The highest BCUT2D eigenvalue weighted by molar-refractivity contribution is 7.09. The van der Waals surface area contributed by atoms with E-state index in [4.69, 9.17) is 0 Å². The normalized spacial score (nSPS) is 10.7. The van der Waals surface area contributed by atoms with Gasteiger partial charge in [-0.2, -0.15) is 4.37 Å². The minimum absolute atomic E-state index is 0.233. The lowest BCUT2D eigenvalue weighted by molar-refractivity contribution is 0.102. The third-order valence-corrected chi connectivity index (χ3v) is 3.50. The number of hydrogen-bond acceptors (Lipinski definition) is 6. The van der Waals surface area contributed by atoms with Crippen LogP contribution in [0.1, 0.15) is 21.7 Å². The number of fused-ring (bicyclic) bond motifs is 1. The summed E-state index contributed by atoms with van der Waals surface area (Å²) < 4.78 is 3.83. The van der Waals surface area contributed by atoms with Crippen LogP contribution in [0.2, 0.25) is 0 Å². The molecule has 0 saturated heterocycles. The van der Waals surface area contributed by atoms with Crippen molar-refractivity contribution >= 4 is 33.6 Å². The second-order valence-corrected chi connectivity index (χ2v) is 5.08. The first-order valence-electron chi connectivity index (χ1n) is 5.96. The van der Waals surface area contributed by atoms with Crippen molar-refractivity contribution in [1.82, 2.24) is 19.3 Å². The molecular formula is C13H11N5OS. The van der Waals surface area contributed by atoms with E-state index in [0.29, 0.717) is 16.2 Å². The first-order chi connectivity index (χ1) is 9.63. The number of rotatable bonds is 2. The van der Waals surface area contributed by atoms with E-state index in [2.05, 4.69) is 24.6 Å². The van der Waals surface area contributed by atoms with Crippen LogP contribution in [-0.2, 0) is 0 Å². The van der Waals surface area contributed by atoms with Gasteiger partial charge in [-0.05, 0) is 32.0 Å². The Balaban J connectivity index is 1.96. The molecule has 0 aliphatic rings. The first-order valence-corrected chi connectivity index (χ1v) is 6.74. The highest BCUT2D eigenvalue weighted by Gasteiger charge is 2.10. The largest absolute Gasteiger partial charge is 0.297 e. The summed E-state index contributed by atoms with van der Waals surface area (Å²) >= 11 is 1.13. The maximum absolute atomic E-state index is 12.1. The molecule has 2 heterocycles. The summed E-state index contributed by atoms with van der Waals surface area (Å²) in [6, 6.07) is 5.25. The third-order valence-electron chi connectivity index (χ3n) is 2.92. The van der Waals surface area contributed by atoms with Gasteiger partial charge in [0.05, 0.1) is 22.4 Å². The maximum Gasteiger partial charge on any atom is 0.257 e. The number of carbonyl (C=O) groups excluding carboxylic acids is 1. The molecule has 6 nitrogen and oxygen atoms in total. The molecule has 0 unspecified atom stereocenters. The second-order valence-electron chi connectivity index (χ2n) is 4.30. The van der Waals surface area contributed by atoms with Crippen LogP contribution in [-0.4, -0.2) is 25.2 Å². The van der Waals surface area contributed by atoms with Gasteiger partial charge in [0, 0.05) is 17.1 Å². The van der Waals surface area contributed by atoms with E-state index in [0.717, 1.165) is 28.4 Å². The lowest BCUT2D eigenvalue weighted by Gasteiger charge is -2.05. The fourth-order valence-corrected chi connectivity index (χ4v) is 2.20. The summed E-state index contributed by atoms with van der Waals surface area (Å²) in [6.45, 7) is 3.81. The summed E-state index contributed by atoms with van der Waals surface area (Å²) in [5.41, 5.74) is 3.76. The van der Waals surface area contributed by atoms with Gasteiger partial charge < -0.3 is 0 Å². The van der Waals surface area contributed by atoms with Gasteiger partial charge in [-0.3, -0.25) is 10.1 Å². The number of anilines is 1. The van der Waals surface area contributed by atoms with Crippen LogP contribution in [0.5, 0.6) is 0 Å². The molecule has 0 aliphatic carbocycles. The number of nitrogens with zero attached hydrogens (tertiary/aromatic N) is 4. The lowest BCUT2D eigenvalue weighted by atomic mass is 10.1. The van der Waals surface area contributed by atoms with Crippen molar-refractivity contribution in [2.24, 2.45) is 0 Å². The van der Waals surface area contributed by atoms with Gasteiger partial charge >= 0.3 is 0 Å². The molecule has 1 amide bonds. The zero-order valence-electron chi connectivity index (χ0n) is 10.9. The highest BCUT2D eigenvalue weighted by atomic mass is 32.1. The van der Waals surface area contributed by atoms with E-state index in [-0.39, 0.29) is 5.91 Å². The molecule has 7 heteroatoms. The van der Waals surface area contributed by atoms with Crippen LogP contribution in [0.25, 0.3) is 11.0 Å². The Bertz CT molecular complexity index is 785. The number of nitrogens with one attached hydrogen (secondary N) is 1. The number of aromatic nitrogens is 4. The lowest BCUT2D eigenvalue weighted by Crippen LogP contribution is -2.11. The molecule has 3 rings (SSSR count). The number of amides is 1. The molecule has 1 N–H and O–H groups in total. The molecular weight excluding hydrogens is 274 g/mol. The predicted octanol–water partition coefficient (Wildman–Crippen LogP) is 2.35. The SMILES string of the molecule is Cc1nc2ccc(C(=O)Nc3ncns3)cc2nc1C. The number of carbonyl (C=O) groups is 1. The van der Waals surface area contributed by atoms with E-state index < -0.39 is 0 Å². The average molecular weight is 285 g/mol. The van der Waals surface area contributed by atoms with Crippen LogP contribution in [0.3, 0.4) is 0 Å². The zero-order chi connectivity index (χ0) is 14.1. The molecule has 0 saturated carbocycles. The van der Waals surface area contributed by atoms with Gasteiger partial charge in [-0.15, -0.1) is 0 Å². The Morgan fingerprint density at radius 1 is 1.15 bits per heavy atom. The molecule has 0 radical (unpaired) electrons. The van der Waals surface area contributed by atoms with Crippen LogP contribution in [0.15, 0.2) is 24.5 Å². The molecule has 3 aromatic rings. The summed E-state index contributed by atoms with van der Waals surface area (Å²) in [7, 11) is 0. The average Bonchev–Trinajstić information content (AvgIpc) is 2.92. The van der Waals surface area contributed by atoms with Gasteiger partial charge in [0.15, 0.2) is 0 Å². The second kappa shape index (κ2) is 4.93. The molecule has 0 bridgehead atoms. The van der Waals surface area contributed by atoms with E-state index >= 15 is 0 Å². The van der Waals surface area contributed by atoms with Crippen LogP contribution >= 0.6 is 11.5 Å². The minimum atomic E-state index is -0.233. The fourth-order valence-electron chi connectivity index (χ4n) is 1.77. The smallest absolute Gasteiger partial charge is 0.257 e. The van der Waals surface area contributed by atoms with Gasteiger partial charge in [-0.1, -0.05) is 0 Å². The first kappa shape index (κ1) is 12.6. The Hall–Kier alpha value is -2.41. The Morgan fingerprint density at radius 2 is 1.90 bits per heavy atom. The fraction of sp³-hybridized carbons (Fsp3) is 0.154. The predicted molar refractivity (Wildman–Crippen MR) is 76.9 cm³/mol. The molecule has 100 valence electrons. The molecule has 0 fully saturated rings. The highest BCUT2D eigenvalue weighted by Crippen LogP contribution is 2.16. The molecule has 2 aromatic heterocycles. The van der Waals surface area contributed by atoms with Crippen molar-refractivity contribution < 1.29 is 4.79 Å². The minimum Gasteiger partial charge on any atom is -0.297 e. The Labute approximate surface area is 119 Å². The summed E-state index contributed by atoms with van der Waals surface area (Å²) in [4.78, 5) is 24.9. The van der Waals surface area contributed by atoms with E-state index in [1.165, 1.54) is 6.33 Å². The third kappa shape index (κ3) is 2.35. The molecule has 20 heavy (non-hydrogen) atoms. The Kier molecular flexibility index (Phi) is 3.11. The summed E-state index contributed by atoms with van der Waals surface area (Å²) in [6.07, 6.45) is 1.40. The van der Waals surface area contributed by atoms with Crippen LogP contribution < -0.4 is 5.32 Å². The number of benzene rings is 1.